The van der Waals surface area contributed by atoms with Gasteiger partial charge in [-0.1, -0.05) is 13.8 Å². The van der Waals surface area contributed by atoms with E-state index < -0.39 is 0 Å². The summed E-state index contributed by atoms with van der Waals surface area (Å²) in [5.74, 6) is -0.318. The number of pyridine rings is 1. The summed E-state index contributed by atoms with van der Waals surface area (Å²) in [6.07, 6.45) is 2.25. The lowest BCUT2D eigenvalue weighted by atomic mass is 9.91. The fourth-order valence-corrected chi connectivity index (χ4v) is 2.34. The molecule has 0 radical (unpaired) electrons. The molecule has 0 saturated heterocycles. The highest BCUT2D eigenvalue weighted by Gasteiger charge is 2.30. The number of hydrogen-bond donors (Lipinski definition) is 0. The van der Waals surface area contributed by atoms with Gasteiger partial charge in [-0.15, -0.1) is 0 Å². The van der Waals surface area contributed by atoms with Crippen LogP contribution < -0.4 is 0 Å². The Morgan fingerprint density at radius 2 is 2.12 bits per heavy atom. The zero-order chi connectivity index (χ0) is 12.0. The van der Waals surface area contributed by atoms with Crippen LogP contribution in [0.5, 0.6) is 0 Å². The molecule has 0 bridgehead atoms. The molecule has 88 valence electrons. The first kappa shape index (κ1) is 10.4. The van der Waals surface area contributed by atoms with Crippen LogP contribution in [0.25, 0.3) is 11.4 Å². The Morgan fingerprint density at radius 1 is 1.29 bits per heavy atom. The normalized spacial score (nSPS) is 17.1. The van der Waals surface area contributed by atoms with Crippen molar-refractivity contribution >= 4 is 0 Å². The van der Waals surface area contributed by atoms with Crippen molar-refractivity contribution in [2.45, 2.75) is 26.8 Å². The number of halogens is 1. The molecule has 0 aromatic carbocycles. The minimum absolute atomic E-state index is 0.289. The van der Waals surface area contributed by atoms with Crippen LogP contribution in [0.3, 0.4) is 0 Å². The maximum Gasteiger partial charge on any atom is 0.141 e. The number of rotatable bonds is 1. The molecular formula is C13H14FN3. The van der Waals surface area contributed by atoms with Crippen molar-refractivity contribution in [2.75, 3.05) is 0 Å². The maximum atomic E-state index is 12.8. The van der Waals surface area contributed by atoms with E-state index in [1.54, 1.807) is 6.07 Å². The molecule has 4 heteroatoms. The minimum atomic E-state index is -0.318. The second kappa shape index (κ2) is 3.39. The SMILES string of the molecule is CC1(C)Cc2cc(-c3ccc(F)cn3)nn2C1. The summed E-state index contributed by atoms with van der Waals surface area (Å²) < 4.78 is 14.8. The van der Waals surface area contributed by atoms with E-state index in [1.807, 2.05) is 4.68 Å². The number of hydrogen-bond acceptors (Lipinski definition) is 2. The third kappa shape index (κ3) is 1.84. The zero-order valence-electron chi connectivity index (χ0n) is 9.94. The average molecular weight is 231 g/mol. The van der Waals surface area contributed by atoms with Crippen LogP contribution in [-0.4, -0.2) is 14.8 Å². The minimum Gasteiger partial charge on any atom is -0.268 e. The van der Waals surface area contributed by atoms with Crippen LogP contribution in [-0.2, 0) is 13.0 Å². The van der Waals surface area contributed by atoms with Crippen LogP contribution in [0, 0.1) is 11.2 Å². The highest BCUT2D eigenvalue weighted by Crippen LogP contribution is 2.33. The molecule has 1 aliphatic rings. The Kier molecular flexibility index (Phi) is 2.08. The standard InChI is InChI=1S/C13H14FN3/c1-13(2)6-10-5-12(16-17(10)8-13)11-4-3-9(14)7-15-11/h3-5,7H,6,8H2,1-2H3. The van der Waals surface area contributed by atoms with E-state index in [4.69, 9.17) is 0 Å². The van der Waals surface area contributed by atoms with Gasteiger partial charge in [0.25, 0.3) is 0 Å². The van der Waals surface area contributed by atoms with E-state index in [0.717, 1.165) is 24.4 Å². The molecule has 0 amide bonds. The first-order valence-electron chi connectivity index (χ1n) is 5.72. The summed E-state index contributed by atoms with van der Waals surface area (Å²) in [5, 5.41) is 4.52. The summed E-state index contributed by atoms with van der Waals surface area (Å²) in [5.41, 5.74) is 3.08. The number of fused-ring (bicyclic) bond motifs is 1. The lowest BCUT2D eigenvalue weighted by molar-refractivity contribution is 0.347. The summed E-state index contributed by atoms with van der Waals surface area (Å²) in [6.45, 7) is 5.40. The van der Waals surface area contributed by atoms with Crippen molar-refractivity contribution in [1.82, 2.24) is 14.8 Å². The van der Waals surface area contributed by atoms with Gasteiger partial charge in [-0.2, -0.15) is 5.10 Å². The Labute approximate surface area is 99.3 Å². The van der Waals surface area contributed by atoms with E-state index in [2.05, 4.69) is 30.0 Å². The molecule has 0 atom stereocenters. The van der Waals surface area contributed by atoms with Gasteiger partial charge in [-0.3, -0.25) is 9.67 Å². The van der Waals surface area contributed by atoms with Gasteiger partial charge >= 0.3 is 0 Å². The van der Waals surface area contributed by atoms with Gasteiger partial charge in [0.2, 0.25) is 0 Å². The molecule has 0 saturated carbocycles. The second-order valence-corrected chi connectivity index (χ2v) is 5.38. The fraction of sp³-hybridized carbons (Fsp3) is 0.385. The molecule has 2 aromatic heterocycles. The molecular weight excluding hydrogens is 217 g/mol. The van der Waals surface area contributed by atoms with E-state index in [1.165, 1.54) is 18.0 Å². The Morgan fingerprint density at radius 3 is 2.76 bits per heavy atom. The van der Waals surface area contributed by atoms with Crippen molar-refractivity contribution in [3.05, 3.63) is 35.9 Å². The van der Waals surface area contributed by atoms with Gasteiger partial charge in [-0.05, 0) is 30.0 Å². The van der Waals surface area contributed by atoms with Gasteiger partial charge in [0.1, 0.15) is 11.5 Å². The largest absolute Gasteiger partial charge is 0.268 e. The summed E-state index contributed by atoms with van der Waals surface area (Å²) >= 11 is 0. The lowest BCUT2D eigenvalue weighted by Gasteiger charge is -2.14. The monoisotopic (exact) mass is 231 g/mol. The molecule has 3 nitrogen and oxygen atoms in total. The first-order valence-corrected chi connectivity index (χ1v) is 5.72. The molecule has 0 spiro atoms. The highest BCUT2D eigenvalue weighted by atomic mass is 19.1. The van der Waals surface area contributed by atoms with E-state index >= 15 is 0 Å². The van der Waals surface area contributed by atoms with Crippen molar-refractivity contribution in [1.29, 1.82) is 0 Å². The van der Waals surface area contributed by atoms with Gasteiger partial charge in [0, 0.05) is 12.2 Å². The molecule has 2 aromatic rings. The average Bonchev–Trinajstić information content (AvgIpc) is 2.72. The van der Waals surface area contributed by atoms with Crippen LogP contribution in [0.1, 0.15) is 19.5 Å². The number of nitrogens with zero attached hydrogens (tertiary/aromatic N) is 3. The van der Waals surface area contributed by atoms with Crippen LogP contribution in [0.2, 0.25) is 0 Å². The first-order chi connectivity index (χ1) is 8.03. The molecule has 0 fully saturated rings. The number of aromatic nitrogens is 3. The van der Waals surface area contributed by atoms with Gasteiger partial charge in [-0.25, -0.2) is 4.39 Å². The Balaban J connectivity index is 1.95. The van der Waals surface area contributed by atoms with Crippen molar-refractivity contribution in [2.24, 2.45) is 5.41 Å². The Hall–Kier alpha value is -1.71. The van der Waals surface area contributed by atoms with Crippen molar-refractivity contribution < 1.29 is 4.39 Å². The summed E-state index contributed by atoms with van der Waals surface area (Å²) in [7, 11) is 0. The van der Waals surface area contributed by atoms with Crippen LogP contribution >= 0.6 is 0 Å². The Bertz CT molecular complexity index is 529. The fourth-order valence-electron chi connectivity index (χ4n) is 2.34. The quantitative estimate of drug-likeness (QED) is 0.755. The summed E-state index contributed by atoms with van der Waals surface area (Å²) in [6, 6.07) is 5.13. The molecule has 3 rings (SSSR count). The van der Waals surface area contributed by atoms with Crippen LogP contribution in [0.15, 0.2) is 24.4 Å². The molecule has 17 heavy (non-hydrogen) atoms. The van der Waals surface area contributed by atoms with E-state index in [0.29, 0.717) is 0 Å². The molecule has 3 heterocycles. The molecule has 0 aliphatic carbocycles. The third-order valence-corrected chi connectivity index (χ3v) is 3.09. The maximum absolute atomic E-state index is 12.8. The second-order valence-electron chi connectivity index (χ2n) is 5.38. The zero-order valence-corrected chi connectivity index (χ0v) is 9.94. The van der Waals surface area contributed by atoms with Crippen LogP contribution in [0.4, 0.5) is 4.39 Å². The highest BCUT2D eigenvalue weighted by molar-refractivity contribution is 5.54. The van der Waals surface area contributed by atoms with Crippen molar-refractivity contribution in [3.8, 4) is 11.4 Å². The van der Waals surface area contributed by atoms with Gasteiger partial charge in [0.15, 0.2) is 0 Å². The van der Waals surface area contributed by atoms with Gasteiger partial charge in [0.05, 0.1) is 11.9 Å². The van der Waals surface area contributed by atoms with E-state index in [9.17, 15) is 4.39 Å². The predicted octanol–water partition coefficient (Wildman–Crippen LogP) is 2.67. The molecule has 1 aliphatic heterocycles. The van der Waals surface area contributed by atoms with Crippen molar-refractivity contribution in [3.63, 3.8) is 0 Å². The smallest absolute Gasteiger partial charge is 0.141 e. The molecule has 0 unspecified atom stereocenters. The third-order valence-electron chi connectivity index (χ3n) is 3.09. The molecule has 0 N–H and O–H groups in total. The predicted molar refractivity (Wildman–Crippen MR) is 62.9 cm³/mol. The van der Waals surface area contributed by atoms with E-state index in [-0.39, 0.29) is 11.2 Å². The summed E-state index contributed by atoms with van der Waals surface area (Å²) in [4.78, 5) is 4.05. The van der Waals surface area contributed by atoms with Gasteiger partial charge < -0.3 is 0 Å². The topological polar surface area (TPSA) is 30.7 Å². The lowest BCUT2D eigenvalue weighted by Crippen LogP contribution is -2.13.